The van der Waals surface area contributed by atoms with Gasteiger partial charge < -0.3 is 9.52 Å². The van der Waals surface area contributed by atoms with E-state index in [0.29, 0.717) is 5.92 Å². The molecule has 0 fully saturated rings. The van der Waals surface area contributed by atoms with Crippen molar-refractivity contribution in [3.63, 3.8) is 0 Å². The van der Waals surface area contributed by atoms with Gasteiger partial charge in [0.2, 0.25) is 0 Å². The van der Waals surface area contributed by atoms with Crippen LogP contribution in [0.3, 0.4) is 0 Å². The van der Waals surface area contributed by atoms with E-state index in [1.165, 1.54) is 5.56 Å². The number of furan rings is 1. The Kier molecular flexibility index (Phi) is 3.34. The molecular weight excluding hydrogens is 212 g/mol. The fraction of sp³-hybridized carbons (Fsp3) is 0.333. The van der Waals surface area contributed by atoms with Crippen LogP contribution in [0.25, 0.3) is 0 Å². The molecule has 0 spiro atoms. The molecule has 17 heavy (non-hydrogen) atoms. The Hall–Kier alpha value is -1.54. The zero-order chi connectivity index (χ0) is 12.4. The molecule has 0 saturated carbocycles. The predicted molar refractivity (Wildman–Crippen MR) is 68.0 cm³/mol. The van der Waals surface area contributed by atoms with Crippen LogP contribution in [0.4, 0.5) is 0 Å². The van der Waals surface area contributed by atoms with Gasteiger partial charge in [-0.2, -0.15) is 0 Å². The molecule has 0 aliphatic carbocycles. The predicted octanol–water partition coefficient (Wildman–Crippen LogP) is 3.79. The van der Waals surface area contributed by atoms with Gasteiger partial charge in [-0.15, -0.1) is 0 Å². The van der Waals surface area contributed by atoms with Crippen molar-refractivity contribution in [2.24, 2.45) is 0 Å². The molecule has 1 N–H and O–H groups in total. The van der Waals surface area contributed by atoms with E-state index in [4.69, 9.17) is 4.42 Å². The van der Waals surface area contributed by atoms with Crippen molar-refractivity contribution in [2.45, 2.75) is 32.8 Å². The third-order valence-electron chi connectivity index (χ3n) is 3.02. The van der Waals surface area contributed by atoms with Gasteiger partial charge in [-0.3, -0.25) is 0 Å². The van der Waals surface area contributed by atoms with Crippen LogP contribution in [-0.2, 0) is 0 Å². The minimum absolute atomic E-state index is 0.396. The lowest BCUT2D eigenvalue weighted by atomic mass is 9.90. The number of benzene rings is 1. The molecule has 2 aromatic rings. The molecule has 2 rings (SSSR count). The summed E-state index contributed by atoms with van der Waals surface area (Å²) in [7, 11) is 0. The number of hydrogen-bond acceptors (Lipinski definition) is 2. The van der Waals surface area contributed by atoms with Crippen molar-refractivity contribution < 1.29 is 9.52 Å². The summed E-state index contributed by atoms with van der Waals surface area (Å²) < 4.78 is 5.03. The van der Waals surface area contributed by atoms with E-state index in [-0.39, 0.29) is 0 Å². The highest BCUT2D eigenvalue weighted by atomic mass is 16.3. The molecule has 2 nitrogen and oxygen atoms in total. The van der Waals surface area contributed by atoms with Crippen LogP contribution < -0.4 is 0 Å². The van der Waals surface area contributed by atoms with E-state index in [1.54, 1.807) is 18.6 Å². The van der Waals surface area contributed by atoms with Gasteiger partial charge in [-0.25, -0.2) is 0 Å². The fourth-order valence-electron chi connectivity index (χ4n) is 2.07. The van der Waals surface area contributed by atoms with Crippen molar-refractivity contribution in [3.8, 4) is 0 Å². The molecule has 0 bridgehead atoms. The number of aliphatic hydroxyl groups is 1. The summed E-state index contributed by atoms with van der Waals surface area (Å²) >= 11 is 0. The van der Waals surface area contributed by atoms with Gasteiger partial charge in [0.1, 0.15) is 6.10 Å². The maximum absolute atomic E-state index is 10.4. The first-order valence-corrected chi connectivity index (χ1v) is 5.90. The van der Waals surface area contributed by atoms with Crippen molar-refractivity contribution in [2.75, 3.05) is 0 Å². The third kappa shape index (κ3) is 2.42. The standard InChI is InChI=1S/C15H18O2/c1-10(2)13-5-4-11(3)8-14(13)15(16)12-6-7-17-9-12/h4-10,15-16H,1-3H3. The normalized spacial score (nSPS) is 13.0. The number of aryl methyl sites for hydroxylation is 1. The van der Waals surface area contributed by atoms with E-state index < -0.39 is 6.10 Å². The maximum atomic E-state index is 10.4. The fourth-order valence-corrected chi connectivity index (χ4v) is 2.07. The average molecular weight is 230 g/mol. The smallest absolute Gasteiger partial charge is 0.107 e. The van der Waals surface area contributed by atoms with Gasteiger partial charge in [0.15, 0.2) is 0 Å². The summed E-state index contributed by atoms with van der Waals surface area (Å²) in [5, 5.41) is 10.4. The SMILES string of the molecule is Cc1ccc(C(C)C)c(C(O)c2ccoc2)c1. The van der Waals surface area contributed by atoms with E-state index in [2.05, 4.69) is 26.0 Å². The summed E-state index contributed by atoms with van der Waals surface area (Å²) in [5.74, 6) is 0.396. The first-order chi connectivity index (χ1) is 8.09. The minimum Gasteiger partial charge on any atom is -0.472 e. The summed E-state index contributed by atoms with van der Waals surface area (Å²) in [4.78, 5) is 0. The molecule has 2 heteroatoms. The molecule has 90 valence electrons. The quantitative estimate of drug-likeness (QED) is 0.870. The van der Waals surface area contributed by atoms with Gasteiger partial charge in [-0.1, -0.05) is 37.6 Å². The molecule has 1 aromatic carbocycles. The minimum atomic E-state index is -0.606. The van der Waals surface area contributed by atoms with Crippen LogP contribution >= 0.6 is 0 Å². The highest BCUT2D eigenvalue weighted by molar-refractivity contribution is 5.39. The van der Waals surface area contributed by atoms with E-state index in [1.807, 2.05) is 13.0 Å². The lowest BCUT2D eigenvalue weighted by Crippen LogP contribution is -2.04. The Morgan fingerprint density at radius 1 is 1.12 bits per heavy atom. The average Bonchev–Trinajstić information content (AvgIpc) is 2.80. The molecule has 1 atom stereocenters. The Bertz CT molecular complexity index is 484. The molecule has 1 aromatic heterocycles. The Balaban J connectivity index is 2.46. The molecular formula is C15H18O2. The lowest BCUT2D eigenvalue weighted by molar-refractivity contribution is 0.217. The van der Waals surface area contributed by atoms with Crippen molar-refractivity contribution in [1.29, 1.82) is 0 Å². The van der Waals surface area contributed by atoms with Gasteiger partial charge in [0.25, 0.3) is 0 Å². The second kappa shape index (κ2) is 4.76. The molecule has 0 radical (unpaired) electrons. The van der Waals surface area contributed by atoms with Crippen LogP contribution in [0.2, 0.25) is 0 Å². The summed E-state index contributed by atoms with van der Waals surface area (Å²) in [6.45, 7) is 6.31. The Morgan fingerprint density at radius 2 is 1.88 bits per heavy atom. The Morgan fingerprint density at radius 3 is 2.47 bits per heavy atom. The van der Waals surface area contributed by atoms with E-state index >= 15 is 0 Å². The molecule has 0 aliphatic heterocycles. The van der Waals surface area contributed by atoms with Gasteiger partial charge in [0.05, 0.1) is 12.5 Å². The van der Waals surface area contributed by atoms with Gasteiger partial charge in [-0.05, 0) is 30.0 Å². The second-order valence-electron chi connectivity index (χ2n) is 4.75. The maximum Gasteiger partial charge on any atom is 0.107 e. The largest absolute Gasteiger partial charge is 0.472 e. The van der Waals surface area contributed by atoms with Crippen LogP contribution in [-0.4, -0.2) is 5.11 Å². The van der Waals surface area contributed by atoms with Crippen LogP contribution in [0, 0.1) is 6.92 Å². The van der Waals surface area contributed by atoms with E-state index in [9.17, 15) is 5.11 Å². The summed E-state index contributed by atoms with van der Waals surface area (Å²) in [6, 6.07) is 8.03. The first-order valence-electron chi connectivity index (χ1n) is 5.90. The van der Waals surface area contributed by atoms with Crippen LogP contribution in [0.5, 0.6) is 0 Å². The highest BCUT2D eigenvalue weighted by Gasteiger charge is 2.17. The van der Waals surface area contributed by atoms with Crippen molar-refractivity contribution in [3.05, 3.63) is 59.0 Å². The lowest BCUT2D eigenvalue weighted by Gasteiger charge is -2.17. The third-order valence-corrected chi connectivity index (χ3v) is 3.02. The zero-order valence-electron chi connectivity index (χ0n) is 10.5. The molecule has 0 aliphatic rings. The topological polar surface area (TPSA) is 33.4 Å². The monoisotopic (exact) mass is 230 g/mol. The number of rotatable bonds is 3. The second-order valence-corrected chi connectivity index (χ2v) is 4.75. The summed E-state index contributed by atoms with van der Waals surface area (Å²) in [5.41, 5.74) is 4.12. The first kappa shape index (κ1) is 11.9. The molecule has 0 saturated heterocycles. The van der Waals surface area contributed by atoms with Crippen molar-refractivity contribution in [1.82, 2.24) is 0 Å². The number of aliphatic hydroxyl groups excluding tert-OH is 1. The van der Waals surface area contributed by atoms with E-state index in [0.717, 1.165) is 16.7 Å². The van der Waals surface area contributed by atoms with Gasteiger partial charge >= 0.3 is 0 Å². The number of hydrogen-bond donors (Lipinski definition) is 1. The van der Waals surface area contributed by atoms with Crippen LogP contribution in [0.15, 0.2) is 41.2 Å². The molecule has 1 heterocycles. The van der Waals surface area contributed by atoms with Crippen molar-refractivity contribution >= 4 is 0 Å². The molecule has 0 amide bonds. The molecule has 1 unspecified atom stereocenters. The Labute approximate surface area is 102 Å². The van der Waals surface area contributed by atoms with Gasteiger partial charge in [0, 0.05) is 5.56 Å². The highest BCUT2D eigenvalue weighted by Crippen LogP contribution is 2.30. The van der Waals surface area contributed by atoms with Crippen LogP contribution in [0.1, 0.15) is 48.1 Å². The zero-order valence-corrected chi connectivity index (χ0v) is 10.5. The summed E-state index contributed by atoms with van der Waals surface area (Å²) in [6.07, 6.45) is 2.58.